The van der Waals surface area contributed by atoms with Gasteiger partial charge in [0, 0.05) is 45.8 Å². The van der Waals surface area contributed by atoms with Crippen molar-refractivity contribution in [1.29, 1.82) is 0 Å². The van der Waals surface area contributed by atoms with Crippen molar-refractivity contribution < 1.29 is 14.3 Å². The predicted octanol–water partition coefficient (Wildman–Crippen LogP) is 1.81. The first-order valence-electron chi connectivity index (χ1n) is 9.25. The van der Waals surface area contributed by atoms with Crippen LogP contribution in [0.15, 0.2) is 30.3 Å². The predicted molar refractivity (Wildman–Crippen MR) is 97.5 cm³/mol. The highest BCUT2D eigenvalue weighted by molar-refractivity contribution is 5.76. The molecular weight excluding hydrogens is 316 g/mol. The standard InChI is InChI=1S/C20H30N2O3/c1-21(2)19(23)14-24-16-20-10-13-25-18(20)9-12-22(15-20)11-8-17-6-4-3-5-7-17/h3-7,18H,8-16H2,1-2H3/t18-,20+/m1/s1. The molecule has 2 aliphatic rings. The number of ether oxygens (including phenoxy) is 2. The second-order valence-electron chi connectivity index (χ2n) is 7.55. The third-order valence-corrected chi connectivity index (χ3v) is 5.52. The van der Waals surface area contributed by atoms with Crippen molar-refractivity contribution in [2.75, 3.05) is 53.6 Å². The van der Waals surface area contributed by atoms with E-state index in [9.17, 15) is 4.79 Å². The van der Waals surface area contributed by atoms with Crippen LogP contribution in [-0.2, 0) is 20.7 Å². The molecule has 2 aliphatic heterocycles. The molecule has 0 aliphatic carbocycles. The van der Waals surface area contributed by atoms with Crippen LogP contribution in [0.1, 0.15) is 18.4 Å². The van der Waals surface area contributed by atoms with E-state index in [2.05, 4.69) is 35.2 Å². The highest BCUT2D eigenvalue weighted by Gasteiger charge is 2.47. The number of carbonyl (C=O) groups excluding carboxylic acids is 1. The maximum absolute atomic E-state index is 11.8. The summed E-state index contributed by atoms with van der Waals surface area (Å²) in [7, 11) is 3.52. The number of carbonyl (C=O) groups is 1. The molecule has 1 amide bonds. The number of amides is 1. The summed E-state index contributed by atoms with van der Waals surface area (Å²) in [5.74, 6) is 0.0172. The van der Waals surface area contributed by atoms with Crippen molar-refractivity contribution in [3.05, 3.63) is 35.9 Å². The van der Waals surface area contributed by atoms with E-state index in [-0.39, 0.29) is 24.0 Å². The highest BCUT2D eigenvalue weighted by Crippen LogP contribution is 2.41. The van der Waals surface area contributed by atoms with E-state index in [1.807, 2.05) is 0 Å². The molecule has 5 heteroatoms. The number of hydrogen-bond acceptors (Lipinski definition) is 4. The largest absolute Gasteiger partial charge is 0.377 e. The van der Waals surface area contributed by atoms with Gasteiger partial charge in [-0.25, -0.2) is 0 Å². The smallest absolute Gasteiger partial charge is 0.248 e. The van der Waals surface area contributed by atoms with Crippen LogP contribution in [0.5, 0.6) is 0 Å². The zero-order chi connectivity index (χ0) is 17.7. The normalized spacial score (nSPS) is 26.4. The fourth-order valence-corrected chi connectivity index (χ4v) is 3.94. The van der Waals surface area contributed by atoms with Gasteiger partial charge in [-0.1, -0.05) is 30.3 Å². The quantitative estimate of drug-likeness (QED) is 0.755. The molecule has 2 fully saturated rings. The van der Waals surface area contributed by atoms with E-state index in [4.69, 9.17) is 9.47 Å². The topological polar surface area (TPSA) is 42.0 Å². The molecule has 0 radical (unpaired) electrons. The van der Waals surface area contributed by atoms with Crippen molar-refractivity contribution in [1.82, 2.24) is 9.80 Å². The van der Waals surface area contributed by atoms with E-state index in [0.717, 1.165) is 45.5 Å². The van der Waals surface area contributed by atoms with Crippen LogP contribution >= 0.6 is 0 Å². The van der Waals surface area contributed by atoms with Crippen LogP contribution in [0.4, 0.5) is 0 Å². The van der Waals surface area contributed by atoms with Gasteiger partial charge in [-0.3, -0.25) is 4.79 Å². The van der Waals surface area contributed by atoms with Crippen molar-refractivity contribution in [3.8, 4) is 0 Å². The van der Waals surface area contributed by atoms with Gasteiger partial charge in [-0.05, 0) is 24.8 Å². The first-order valence-corrected chi connectivity index (χ1v) is 9.25. The van der Waals surface area contributed by atoms with Crippen molar-refractivity contribution in [3.63, 3.8) is 0 Å². The molecule has 138 valence electrons. The lowest BCUT2D eigenvalue weighted by Gasteiger charge is -2.43. The number of likely N-dealkylation sites (tertiary alicyclic amines) is 1. The number of piperidine rings is 1. The molecule has 0 bridgehead atoms. The number of likely N-dealkylation sites (N-methyl/N-ethyl adjacent to an activating group) is 1. The molecule has 5 nitrogen and oxygen atoms in total. The number of rotatable bonds is 7. The van der Waals surface area contributed by atoms with Crippen molar-refractivity contribution in [2.24, 2.45) is 5.41 Å². The molecule has 25 heavy (non-hydrogen) atoms. The second kappa shape index (κ2) is 8.30. The van der Waals surface area contributed by atoms with Gasteiger partial charge in [0.15, 0.2) is 0 Å². The van der Waals surface area contributed by atoms with Gasteiger partial charge in [-0.2, -0.15) is 0 Å². The Kier molecular flexibility index (Phi) is 6.10. The summed E-state index contributed by atoms with van der Waals surface area (Å²) >= 11 is 0. The third-order valence-electron chi connectivity index (χ3n) is 5.52. The summed E-state index contributed by atoms with van der Waals surface area (Å²) in [6, 6.07) is 10.6. The molecule has 1 aromatic carbocycles. The summed E-state index contributed by atoms with van der Waals surface area (Å²) in [5, 5.41) is 0. The lowest BCUT2D eigenvalue weighted by atomic mass is 9.77. The zero-order valence-corrected chi connectivity index (χ0v) is 15.4. The van der Waals surface area contributed by atoms with Crippen molar-refractivity contribution in [2.45, 2.75) is 25.4 Å². The van der Waals surface area contributed by atoms with Crippen molar-refractivity contribution >= 4 is 5.91 Å². The van der Waals surface area contributed by atoms with Crippen LogP contribution < -0.4 is 0 Å². The Morgan fingerprint density at radius 3 is 2.92 bits per heavy atom. The number of fused-ring (bicyclic) bond motifs is 1. The van der Waals surface area contributed by atoms with E-state index in [1.165, 1.54) is 5.56 Å². The minimum Gasteiger partial charge on any atom is -0.377 e. The Morgan fingerprint density at radius 1 is 1.36 bits per heavy atom. The van der Waals surface area contributed by atoms with E-state index in [1.54, 1.807) is 19.0 Å². The van der Waals surface area contributed by atoms with Gasteiger partial charge >= 0.3 is 0 Å². The van der Waals surface area contributed by atoms with Gasteiger partial charge in [0.25, 0.3) is 0 Å². The third kappa shape index (κ3) is 4.60. The first kappa shape index (κ1) is 18.4. The van der Waals surface area contributed by atoms with Gasteiger partial charge in [-0.15, -0.1) is 0 Å². The van der Waals surface area contributed by atoms with Gasteiger partial charge in [0.2, 0.25) is 5.91 Å². The van der Waals surface area contributed by atoms with Gasteiger partial charge in [0.05, 0.1) is 12.7 Å². The molecule has 2 heterocycles. The Balaban J connectivity index is 1.54. The molecule has 3 rings (SSSR count). The van der Waals surface area contributed by atoms with E-state index >= 15 is 0 Å². The maximum Gasteiger partial charge on any atom is 0.248 e. The van der Waals surface area contributed by atoms with Crippen LogP contribution in [0, 0.1) is 5.41 Å². The lowest BCUT2D eigenvalue weighted by Crippen LogP contribution is -2.52. The summed E-state index contributed by atoms with van der Waals surface area (Å²) < 4.78 is 11.8. The van der Waals surface area contributed by atoms with Crippen LogP contribution in [-0.4, -0.2) is 75.4 Å². The van der Waals surface area contributed by atoms with Gasteiger partial charge in [0.1, 0.15) is 6.61 Å². The van der Waals surface area contributed by atoms with E-state index < -0.39 is 0 Å². The number of benzene rings is 1. The first-order chi connectivity index (χ1) is 12.1. The van der Waals surface area contributed by atoms with Crippen LogP contribution in [0.3, 0.4) is 0 Å². The molecule has 0 saturated carbocycles. The molecule has 0 N–H and O–H groups in total. The number of nitrogens with zero attached hydrogens (tertiary/aromatic N) is 2. The minimum atomic E-state index is 0.0172. The van der Waals surface area contributed by atoms with Crippen LogP contribution in [0.25, 0.3) is 0 Å². The Bertz CT molecular complexity index is 563. The summed E-state index contributed by atoms with van der Waals surface area (Å²) in [5.41, 5.74) is 1.43. The average Bonchev–Trinajstić information content (AvgIpc) is 3.03. The molecule has 1 aromatic rings. The summed E-state index contributed by atoms with van der Waals surface area (Å²) in [4.78, 5) is 15.9. The Labute approximate surface area is 150 Å². The summed E-state index contributed by atoms with van der Waals surface area (Å²) in [6.07, 6.45) is 3.42. The average molecular weight is 346 g/mol. The lowest BCUT2D eigenvalue weighted by molar-refractivity contribution is -0.136. The van der Waals surface area contributed by atoms with Gasteiger partial charge < -0.3 is 19.3 Å². The van der Waals surface area contributed by atoms with Crippen LogP contribution in [0.2, 0.25) is 0 Å². The molecule has 2 saturated heterocycles. The fraction of sp³-hybridized carbons (Fsp3) is 0.650. The number of hydrogen-bond donors (Lipinski definition) is 0. The monoisotopic (exact) mass is 346 g/mol. The maximum atomic E-state index is 11.8. The molecule has 0 spiro atoms. The highest BCUT2D eigenvalue weighted by atomic mass is 16.5. The van der Waals surface area contributed by atoms with E-state index in [0.29, 0.717) is 6.61 Å². The molecule has 2 atom stereocenters. The Morgan fingerprint density at radius 2 is 2.16 bits per heavy atom. The zero-order valence-electron chi connectivity index (χ0n) is 15.4. The molecule has 0 unspecified atom stereocenters. The molecule has 0 aromatic heterocycles. The Hall–Kier alpha value is -1.43. The minimum absolute atomic E-state index is 0.0172. The fourth-order valence-electron chi connectivity index (χ4n) is 3.94. The molecular formula is C20H30N2O3. The second-order valence-corrected chi connectivity index (χ2v) is 7.55. The SMILES string of the molecule is CN(C)C(=O)COC[C@@]12CCO[C@@H]1CCN(CCc1ccccc1)C2. The summed E-state index contributed by atoms with van der Waals surface area (Å²) in [6.45, 7) is 4.72.